The molecule has 1 aromatic heterocycles. The SMILES string of the molecule is CC(C)(C)C(=O)Nc1ccc(C(=O)CSc2ncnc3ccccc23)cc1. The van der Waals surface area contributed by atoms with Crippen LogP contribution in [0.5, 0.6) is 0 Å². The molecule has 27 heavy (non-hydrogen) atoms. The average Bonchev–Trinajstić information content (AvgIpc) is 2.66. The van der Waals surface area contributed by atoms with Crippen molar-refractivity contribution in [1.29, 1.82) is 0 Å². The lowest BCUT2D eigenvalue weighted by atomic mass is 9.95. The first-order chi connectivity index (χ1) is 12.8. The molecule has 5 nitrogen and oxygen atoms in total. The van der Waals surface area contributed by atoms with E-state index in [0.29, 0.717) is 11.3 Å². The number of anilines is 1. The summed E-state index contributed by atoms with van der Waals surface area (Å²) in [6.07, 6.45) is 1.52. The van der Waals surface area contributed by atoms with Gasteiger partial charge in [0, 0.05) is 22.1 Å². The zero-order valence-corrected chi connectivity index (χ0v) is 16.3. The molecule has 2 aromatic carbocycles. The van der Waals surface area contributed by atoms with E-state index in [1.54, 1.807) is 24.3 Å². The number of carbonyl (C=O) groups excluding carboxylic acids is 2. The summed E-state index contributed by atoms with van der Waals surface area (Å²) >= 11 is 1.40. The van der Waals surface area contributed by atoms with E-state index >= 15 is 0 Å². The van der Waals surface area contributed by atoms with Gasteiger partial charge < -0.3 is 5.32 Å². The summed E-state index contributed by atoms with van der Waals surface area (Å²) in [5, 5.41) is 4.59. The summed E-state index contributed by atoms with van der Waals surface area (Å²) in [7, 11) is 0. The molecule has 0 aliphatic carbocycles. The average molecular weight is 379 g/mol. The molecule has 0 saturated heterocycles. The largest absolute Gasteiger partial charge is 0.326 e. The lowest BCUT2D eigenvalue weighted by Crippen LogP contribution is -2.27. The van der Waals surface area contributed by atoms with Crippen LogP contribution in [0.25, 0.3) is 10.9 Å². The van der Waals surface area contributed by atoms with Gasteiger partial charge in [-0.3, -0.25) is 9.59 Å². The highest BCUT2D eigenvalue weighted by atomic mass is 32.2. The first-order valence-corrected chi connectivity index (χ1v) is 9.60. The van der Waals surface area contributed by atoms with Gasteiger partial charge in [0.05, 0.1) is 11.3 Å². The molecule has 1 heterocycles. The third-order valence-electron chi connectivity index (χ3n) is 3.99. The lowest BCUT2D eigenvalue weighted by Gasteiger charge is -2.17. The van der Waals surface area contributed by atoms with E-state index in [1.807, 2.05) is 45.0 Å². The quantitative estimate of drug-likeness (QED) is 0.399. The van der Waals surface area contributed by atoms with E-state index in [1.165, 1.54) is 18.1 Å². The topological polar surface area (TPSA) is 72.0 Å². The van der Waals surface area contributed by atoms with Gasteiger partial charge in [-0.05, 0) is 30.3 Å². The predicted molar refractivity (Wildman–Crippen MR) is 109 cm³/mol. The van der Waals surface area contributed by atoms with Crippen molar-refractivity contribution in [3.63, 3.8) is 0 Å². The Kier molecular flexibility index (Phi) is 5.56. The third-order valence-corrected chi connectivity index (χ3v) is 5.00. The van der Waals surface area contributed by atoms with E-state index in [0.717, 1.165) is 15.9 Å². The molecule has 1 amide bonds. The minimum Gasteiger partial charge on any atom is -0.326 e. The van der Waals surface area contributed by atoms with Crippen molar-refractivity contribution in [2.75, 3.05) is 11.1 Å². The van der Waals surface area contributed by atoms with Crippen LogP contribution in [0.1, 0.15) is 31.1 Å². The summed E-state index contributed by atoms with van der Waals surface area (Å²) in [5.74, 6) is 0.235. The minimum atomic E-state index is -0.467. The summed E-state index contributed by atoms with van der Waals surface area (Å²) in [6.45, 7) is 5.57. The molecule has 0 saturated carbocycles. The molecular formula is C21H21N3O2S. The van der Waals surface area contributed by atoms with Gasteiger partial charge >= 0.3 is 0 Å². The molecule has 0 radical (unpaired) electrons. The number of hydrogen-bond acceptors (Lipinski definition) is 5. The number of nitrogens with one attached hydrogen (secondary N) is 1. The second kappa shape index (κ2) is 7.88. The summed E-state index contributed by atoms with van der Waals surface area (Å²) in [5.41, 5.74) is 1.68. The minimum absolute atomic E-state index is 0.0105. The molecule has 3 aromatic rings. The Balaban J connectivity index is 1.65. The monoisotopic (exact) mass is 379 g/mol. The number of aromatic nitrogens is 2. The zero-order chi connectivity index (χ0) is 19.4. The Labute approximate surface area is 162 Å². The van der Waals surface area contributed by atoms with Crippen LogP contribution < -0.4 is 5.32 Å². The van der Waals surface area contributed by atoms with Crippen molar-refractivity contribution in [3.05, 3.63) is 60.4 Å². The third kappa shape index (κ3) is 4.71. The molecule has 0 aliphatic heterocycles. The molecule has 0 atom stereocenters. The molecule has 3 rings (SSSR count). The summed E-state index contributed by atoms with van der Waals surface area (Å²) in [4.78, 5) is 33.0. The molecular weight excluding hydrogens is 358 g/mol. The first-order valence-electron chi connectivity index (χ1n) is 8.62. The Hall–Kier alpha value is -2.73. The molecule has 138 valence electrons. The number of Topliss-reactive ketones (excluding diaryl/α,β-unsaturated/α-hetero) is 1. The number of amides is 1. The number of nitrogens with zero attached hydrogens (tertiary/aromatic N) is 2. The number of hydrogen-bond donors (Lipinski definition) is 1. The van der Waals surface area contributed by atoms with E-state index in [4.69, 9.17) is 0 Å². The van der Waals surface area contributed by atoms with Gasteiger partial charge in [-0.2, -0.15) is 0 Å². The van der Waals surface area contributed by atoms with E-state index in [9.17, 15) is 9.59 Å². The number of thioether (sulfide) groups is 1. The number of para-hydroxylation sites is 1. The van der Waals surface area contributed by atoms with Crippen molar-refractivity contribution in [1.82, 2.24) is 9.97 Å². The Bertz CT molecular complexity index is 973. The first kappa shape index (κ1) is 19.0. The van der Waals surface area contributed by atoms with Gasteiger partial charge in [0.2, 0.25) is 5.91 Å². The normalized spacial score (nSPS) is 11.4. The molecule has 0 fully saturated rings. The second-order valence-corrected chi connectivity index (χ2v) is 8.15. The van der Waals surface area contributed by atoms with Gasteiger partial charge in [-0.25, -0.2) is 9.97 Å². The molecule has 6 heteroatoms. The second-order valence-electron chi connectivity index (χ2n) is 7.19. The maximum atomic E-state index is 12.5. The fourth-order valence-electron chi connectivity index (χ4n) is 2.37. The smallest absolute Gasteiger partial charge is 0.229 e. The van der Waals surface area contributed by atoms with Gasteiger partial charge in [-0.1, -0.05) is 50.7 Å². The predicted octanol–water partition coefficient (Wildman–Crippen LogP) is 4.59. The fraction of sp³-hybridized carbons (Fsp3) is 0.238. The van der Waals surface area contributed by atoms with Crippen molar-refractivity contribution in [2.45, 2.75) is 25.8 Å². The molecule has 1 N–H and O–H groups in total. The summed E-state index contributed by atoms with van der Waals surface area (Å²) in [6, 6.07) is 14.7. The highest BCUT2D eigenvalue weighted by Gasteiger charge is 2.21. The lowest BCUT2D eigenvalue weighted by molar-refractivity contribution is -0.123. The Morgan fingerprint density at radius 1 is 1.00 bits per heavy atom. The number of benzene rings is 2. The van der Waals surface area contributed by atoms with Crippen LogP contribution in [0, 0.1) is 5.41 Å². The van der Waals surface area contributed by atoms with Crippen LogP contribution in [0.2, 0.25) is 0 Å². The van der Waals surface area contributed by atoms with Crippen LogP contribution in [0.3, 0.4) is 0 Å². The number of fused-ring (bicyclic) bond motifs is 1. The Morgan fingerprint density at radius 3 is 2.41 bits per heavy atom. The van der Waals surface area contributed by atoms with Gasteiger partial charge in [0.15, 0.2) is 5.78 Å². The molecule has 0 unspecified atom stereocenters. The molecule has 0 spiro atoms. The highest BCUT2D eigenvalue weighted by Crippen LogP contribution is 2.25. The number of ketones is 1. The van der Waals surface area contributed by atoms with Crippen LogP contribution in [-0.2, 0) is 4.79 Å². The maximum Gasteiger partial charge on any atom is 0.229 e. The van der Waals surface area contributed by atoms with Crippen molar-refractivity contribution < 1.29 is 9.59 Å². The van der Waals surface area contributed by atoms with Gasteiger partial charge in [0.1, 0.15) is 11.4 Å². The van der Waals surface area contributed by atoms with Crippen LogP contribution >= 0.6 is 11.8 Å². The van der Waals surface area contributed by atoms with E-state index < -0.39 is 5.41 Å². The van der Waals surface area contributed by atoms with Gasteiger partial charge in [0.25, 0.3) is 0 Å². The van der Waals surface area contributed by atoms with Crippen molar-refractivity contribution >= 4 is 40.0 Å². The van der Waals surface area contributed by atoms with Crippen molar-refractivity contribution in [3.8, 4) is 0 Å². The molecule has 0 bridgehead atoms. The standard InChI is InChI=1S/C21H21N3O2S/c1-21(2,3)20(26)24-15-10-8-14(9-11-15)18(25)12-27-19-16-6-4-5-7-17(16)22-13-23-19/h4-11,13H,12H2,1-3H3,(H,24,26). The zero-order valence-electron chi connectivity index (χ0n) is 15.5. The number of rotatable bonds is 5. The number of carbonyl (C=O) groups is 2. The maximum absolute atomic E-state index is 12.5. The highest BCUT2D eigenvalue weighted by molar-refractivity contribution is 8.00. The Morgan fingerprint density at radius 2 is 1.70 bits per heavy atom. The van der Waals surface area contributed by atoms with E-state index in [-0.39, 0.29) is 17.4 Å². The molecule has 0 aliphatic rings. The fourth-order valence-corrected chi connectivity index (χ4v) is 3.25. The van der Waals surface area contributed by atoms with Crippen LogP contribution in [-0.4, -0.2) is 27.4 Å². The van der Waals surface area contributed by atoms with Crippen LogP contribution in [0.4, 0.5) is 5.69 Å². The van der Waals surface area contributed by atoms with Crippen molar-refractivity contribution in [2.24, 2.45) is 5.41 Å². The van der Waals surface area contributed by atoms with E-state index in [2.05, 4.69) is 15.3 Å². The summed E-state index contributed by atoms with van der Waals surface area (Å²) < 4.78 is 0. The van der Waals surface area contributed by atoms with Gasteiger partial charge in [-0.15, -0.1) is 0 Å². The van der Waals surface area contributed by atoms with Crippen LogP contribution in [0.15, 0.2) is 59.9 Å².